The van der Waals surface area contributed by atoms with E-state index in [4.69, 9.17) is 9.26 Å². The van der Waals surface area contributed by atoms with Crippen molar-refractivity contribution in [1.82, 2.24) is 15.0 Å². The number of aryl methyl sites for hydroxylation is 1. The highest BCUT2D eigenvalue weighted by atomic mass is 16.5. The molecule has 6 nitrogen and oxygen atoms in total. The van der Waals surface area contributed by atoms with Crippen molar-refractivity contribution in [3.05, 3.63) is 11.7 Å². The van der Waals surface area contributed by atoms with Crippen molar-refractivity contribution in [3.8, 4) is 0 Å². The van der Waals surface area contributed by atoms with Crippen LogP contribution in [-0.2, 0) is 16.0 Å². The lowest BCUT2D eigenvalue weighted by atomic mass is 9.78. The lowest BCUT2D eigenvalue weighted by molar-refractivity contribution is -0.147. The number of carbonyl (C=O) groups excluding carboxylic acids is 1. The van der Waals surface area contributed by atoms with Crippen LogP contribution in [0, 0.1) is 18.8 Å². The first kappa shape index (κ1) is 19.9. The molecule has 1 aromatic rings. The van der Waals surface area contributed by atoms with Crippen LogP contribution in [-0.4, -0.2) is 46.2 Å². The second kappa shape index (κ2) is 8.93. The van der Waals surface area contributed by atoms with Crippen LogP contribution in [0.4, 0.5) is 0 Å². The Labute approximate surface area is 168 Å². The van der Waals surface area contributed by atoms with Crippen molar-refractivity contribution in [3.63, 3.8) is 0 Å². The SMILES string of the molecule is Cc1nc(CC2CCOC3(CCN(C(=O)CCC4CCCCC4)CC3)C2)no1. The molecule has 1 atom stereocenters. The number of piperidine rings is 1. The molecule has 0 bridgehead atoms. The number of amides is 1. The fourth-order valence-corrected chi connectivity index (χ4v) is 5.46. The number of aromatic nitrogens is 2. The van der Waals surface area contributed by atoms with E-state index in [0.717, 1.165) is 76.4 Å². The summed E-state index contributed by atoms with van der Waals surface area (Å²) in [5.41, 5.74) is -0.0537. The molecule has 1 aromatic heterocycles. The van der Waals surface area contributed by atoms with Crippen LogP contribution >= 0.6 is 0 Å². The van der Waals surface area contributed by atoms with Gasteiger partial charge in [0.25, 0.3) is 0 Å². The third-order valence-corrected chi connectivity index (χ3v) is 7.15. The summed E-state index contributed by atoms with van der Waals surface area (Å²) in [4.78, 5) is 19.1. The van der Waals surface area contributed by atoms with Crippen molar-refractivity contribution < 1.29 is 14.1 Å². The van der Waals surface area contributed by atoms with E-state index >= 15 is 0 Å². The van der Waals surface area contributed by atoms with E-state index < -0.39 is 0 Å². The Balaban J connectivity index is 1.23. The van der Waals surface area contributed by atoms with Gasteiger partial charge in [0.15, 0.2) is 5.82 Å². The fourth-order valence-electron chi connectivity index (χ4n) is 5.46. The summed E-state index contributed by atoms with van der Waals surface area (Å²) in [7, 11) is 0. The minimum Gasteiger partial charge on any atom is -0.375 e. The topological polar surface area (TPSA) is 68.5 Å². The van der Waals surface area contributed by atoms with Gasteiger partial charge in [0.2, 0.25) is 11.8 Å². The van der Waals surface area contributed by atoms with Crippen molar-refractivity contribution in [2.24, 2.45) is 11.8 Å². The Hall–Kier alpha value is -1.43. The van der Waals surface area contributed by atoms with Crippen LogP contribution < -0.4 is 0 Å². The predicted octanol–water partition coefficient (Wildman–Crippen LogP) is 4.07. The molecule has 1 unspecified atom stereocenters. The van der Waals surface area contributed by atoms with E-state index in [9.17, 15) is 4.79 Å². The lowest BCUT2D eigenvalue weighted by Crippen LogP contribution is -2.51. The number of carbonyl (C=O) groups is 1. The number of nitrogens with zero attached hydrogens (tertiary/aromatic N) is 3. The van der Waals surface area contributed by atoms with Crippen molar-refractivity contribution in [2.75, 3.05) is 19.7 Å². The first-order chi connectivity index (χ1) is 13.6. The summed E-state index contributed by atoms with van der Waals surface area (Å²) < 4.78 is 11.4. The number of ether oxygens (including phenoxy) is 1. The molecule has 1 spiro atoms. The van der Waals surface area contributed by atoms with E-state index in [1.807, 2.05) is 6.92 Å². The monoisotopic (exact) mass is 389 g/mol. The summed E-state index contributed by atoms with van der Waals surface area (Å²) in [6, 6.07) is 0. The molecule has 1 amide bonds. The average Bonchev–Trinajstić information content (AvgIpc) is 3.12. The molecular weight excluding hydrogens is 354 g/mol. The second-order valence-electron chi connectivity index (χ2n) is 9.25. The zero-order valence-corrected chi connectivity index (χ0v) is 17.3. The standard InChI is InChI=1S/C22H35N3O3/c1-17-23-20(24-28-17)15-19-9-14-27-22(16-19)10-12-25(13-11-22)21(26)8-7-18-5-3-2-4-6-18/h18-19H,2-16H2,1H3. The van der Waals surface area contributed by atoms with Gasteiger partial charge in [-0.15, -0.1) is 0 Å². The highest BCUT2D eigenvalue weighted by Gasteiger charge is 2.41. The summed E-state index contributed by atoms with van der Waals surface area (Å²) in [6.45, 7) is 4.33. The maximum Gasteiger partial charge on any atom is 0.223 e. The number of hydrogen-bond acceptors (Lipinski definition) is 5. The smallest absolute Gasteiger partial charge is 0.223 e. The van der Waals surface area contributed by atoms with Gasteiger partial charge < -0.3 is 14.2 Å². The van der Waals surface area contributed by atoms with Gasteiger partial charge in [-0.1, -0.05) is 37.3 Å². The number of likely N-dealkylation sites (tertiary alicyclic amines) is 1. The number of hydrogen-bond donors (Lipinski definition) is 0. The van der Waals surface area contributed by atoms with Crippen LogP contribution in [0.3, 0.4) is 0 Å². The molecule has 3 fully saturated rings. The molecule has 1 aliphatic carbocycles. The Bertz CT molecular complexity index is 645. The van der Waals surface area contributed by atoms with E-state index in [0.29, 0.717) is 17.7 Å². The minimum absolute atomic E-state index is 0.0537. The maximum absolute atomic E-state index is 12.7. The Morgan fingerprint density at radius 3 is 2.64 bits per heavy atom. The van der Waals surface area contributed by atoms with Crippen molar-refractivity contribution >= 4 is 5.91 Å². The van der Waals surface area contributed by atoms with E-state index in [1.165, 1.54) is 32.1 Å². The summed E-state index contributed by atoms with van der Waals surface area (Å²) in [5, 5.41) is 4.06. The molecule has 3 heterocycles. The van der Waals surface area contributed by atoms with Gasteiger partial charge in [-0.3, -0.25) is 4.79 Å². The molecule has 6 heteroatoms. The van der Waals surface area contributed by atoms with Gasteiger partial charge in [-0.05, 0) is 43.9 Å². The van der Waals surface area contributed by atoms with Crippen LogP contribution in [0.25, 0.3) is 0 Å². The van der Waals surface area contributed by atoms with Gasteiger partial charge in [-0.2, -0.15) is 4.98 Å². The molecule has 156 valence electrons. The fraction of sp³-hybridized carbons (Fsp3) is 0.864. The van der Waals surface area contributed by atoms with Gasteiger partial charge in [0.05, 0.1) is 5.60 Å². The zero-order chi connectivity index (χ0) is 19.4. The molecule has 3 aliphatic rings. The third kappa shape index (κ3) is 4.94. The molecule has 0 aromatic carbocycles. The van der Waals surface area contributed by atoms with Crippen LogP contribution in [0.1, 0.15) is 82.3 Å². The van der Waals surface area contributed by atoms with E-state index in [-0.39, 0.29) is 5.60 Å². The van der Waals surface area contributed by atoms with E-state index in [2.05, 4.69) is 15.0 Å². The first-order valence-corrected chi connectivity index (χ1v) is 11.3. The molecule has 2 aliphatic heterocycles. The van der Waals surface area contributed by atoms with E-state index in [1.54, 1.807) is 0 Å². The van der Waals surface area contributed by atoms with Crippen LogP contribution in [0.15, 0.2) is 4.52 Å². The summed E-state index contributed by atoms with van der Waals surface area (Å²) in [5.74, 6) is 3.13. The predicted molar refractivity (Wildman–Crippen MR) is 106 cm³/mol. The molecule has 28 heavy (non-hydrogen) atoms. The van der Waals surface area contributed by atoms with Crippen molar-refractivity contribution in [1.29, 1.82) is 0 Å². The van der Waals surface area contributed by atoms with Gasteiger partial charge in [0, 0.05) is 39.5 Å². The lowest BCUT2D eigenvalue weighted by Gasteiger charge is -2.46. The molecule has 2 saturated heterocycles. The quantitative estimate of drug-likeness (QED) is 0.759. The normalized spacial score (nSPS) is 25.9. The molecule has 4 rings (SSSR count). The maximum atomic E-state index is 12.7. The van der Waals surface area contributed by atoms with Crippen molar-refractivity contribution in [2.45, 2.75) is 89.6 Å². The van der Waals surface area contributed by atoms with Gasteiger partial charge >= 0.3 is 0 Å². The third-order valence-electron chi connectivity index (χ3n) is 7.15. The largest absolute Gasteiger partial charge is 0.375 e. The Kier molecular flexibility index (Phi) is 6.34. The van der Waals surface area contributed by atoms with Gasteiger partial charge in [0.1, 0.15) is 0 Å². The molecule has 1 saturated carbocycles. The average molecular weight is 390 g/mol. The highest BCUT2D eigenvalue weighted by molar-refractivity contribution is 5.76. The Morgan fingerprint density at radius 1 is 1.14 bits per heavy atom. The molecular formula is C22H35N3O3. The highest BCUT2D eigenvalue weighted by Crippen LogP contribution is 2.39. The van der Waals surface area contributed by atoms with Gasteiger partial charge in [-0.25, -0.2) is 0 Å². The molecule has 0 radical (unpaired) electrons. The minimum atomic E-state index is -0.0537. The van der Waals surface area contributed by atoms with Crippen LogP contribution in [0.5, 0.6) is 0 Å². The summed E-state index contributed by atoms with van der Waals surface area (Å²) in [6.07, 6.45) is 13.5. The second-order valence-corrected chi connectivity index (χ2v) is 9.25. The van der Waals surface area contributed by atoms with Crippen LogP contribution in [0.2, 0.25) is 0 Å². The first-order valence-electron chi connectivity index (χ1n) is 11.3. The Morgan fingerprint density at radius 2 is 1.93 bits per heavy atom. The zero-order valence-electron chi connectivity index (χ0n) is 17.3. The number of rotatable bonds is 5. The summed E-state index contributed by atoms with van der Waals surface area (Å²) >= 11 is 0. The molecule has 0 N–H and O–H groups in total.